The number of nitrogens with one attached hydrogen (secondary N) is 1. The number of aromatic nitrogens is 2. The van der Waals surface area contributed by atoms with E-state index in [2.05, 4.69) is 12.2 Å². The van der Waals surface area contributed by atoms with Crippen molar-refractivity contribution >= 4 is 17.6 Å². The second kappa shape index (κ2) is 7.89. The van der Waals surface area contributed by atoms with Crippen molar-refractivity contribution in [3.05, 3.63) is 46.8 Å². The van der Waals surface area contributed by atoms with Crippen LogP contribution in [0.5, 0.6) is 0 Å². The van der Waals surface area contributed by atoms with Crippen LogP contribution in [0, 0.1) is 13.8 Å². The summed E-state index contributed by atoms with van der Waals surface area (Å²) in [4.78, 5) is 29.0. The molecule has 0 spiro atoms. The Bertz CT molecular complexity index is 935. The van der Waals surface area contributed by atoms with Crippen molar-refractivity contribution in [3.8, 4) is 0 Å². The molecule has 1 aromatic heterocycles. The first kappa shape index (κ1) is 19.5. The number of carbonyl (C=O) groups excluding carboxylic acids is 2. The molecule has 2 aromatic rings. The van der Waals surface area contributed by atoms with Gasteiger partial charge in [-0.05, 0) is 62.4 Å². The van der Waals surface area contributed by atoms with Crippen molar-refractivity contribution in [2.24, 2.45) is 0 Å². The van der Waals surface area contributed by atoms with Gasteiger partial charge in [0, 0.05) is 44.8 Å². The molecule has 4 rings (SSSR count). The van der Waals surface area contributed by atoms with Gasteiger partial charge in [-0.15, -0.1) is 0 Å². The fraction of sp³-hybridized carbons (Fsp3) is 0.500. The van der Waals surface area contributed by atoms with Crippen LogP contribution in [-0.2, 0) is 6.54 Å². The van der Waals surface area contributed by atoms with Gasteiger partial charge in [-0.25, -0.2) is 4.79 Å². The topological polar surface area (TPSA) is 70.5 Å². The van der Waals surface area contributed by atoms with Crippen LogP contribution in [-0.4, -0.2) is 58.2 Å². The van der Waals surface area contributed by atoms with E-state index in [4.69, 9.17) is 5.10 Å². The van der Waals surface area contributed by atoms with E-state index in [0.29, 0.717) is 12.2 Å². The van der Waals surface area contributed by atoms with E-state index in [0.717, 1.165) is 55.8 Å². The minimum absolute atomic E-state index is 0.0291. The number of urea groups is 1. The fourth-order valence-electron chi connectivity index (χ4n) is 4.16. The van der Waals surface area contributed by atoms with Gasteiger partial charge in [0.15, 0.2) is 0 Å². The molecule has 3 heterocycles. The summed E-state index contributed by atoms with van der Waals surface area (Å²) in [5.41, 5.74) is 4.78. The van der Waals surface area contributed by atoms with Crippen LogP contribution in [0.1, 0.15) is 52.5 Å². The first-order valence-electron chi connectivity index (χ1n) is 10.4. The number of piperidine rings is 1. The maximum atomic E-state index is 12.8. The summed E-state index contributed by atoms with van der Waals surface area (Å²) < 4.78 is 1.84. The molecule has 2 aliphatic heterocycles. The van der Waals surface area contributed by atoms with Crippen molar-refractivity contribution < 1.29 is 9.59 Å². The summed E-state index contributed by atoms with van der Waals surface area (Å²) in [6.45, 7) is 6.98. The number of nitrogens with zero attached hydrogens (tertiary/aromatic N) is 4. The molecule has 29 heavy (non-hydrogen) atoms. The van der Waals surface area contributed by atoms with Crippen LogP contribution in [0.4, 0.5) is 10.5 Å². The average Bonchev–Trinajstić information content (AvgIpc) is 3.09. The maximum Gasteiger partial charge on any atom is 0.321 e. The number of aryl methyl sites for hydroxylation is 3. The number of likely N-dealkylation sites (tertiary alicyclic amines) is 1. The Morgan fingerprint density at radius 3 is 2.72 bits per heavy atom. The Morgan fingerprint density at radius 2 is 1.93 bits per heavy atom. The second-order valence-electron chi connectivity index (χ2n) is 8.27. The molecule has 1 saturated heterocycles. The number of rotatable bonds is 2. The number of hydrogen-bond acceptors (Lipinski definition) is 3. The zero-order valence-electron chi connectivity index (χ0n) is 17.4. The van der Waals surface area contributed by atoms with Gasteiger partial charge in [-0.3, -0.25) is 9.48 Å². The van der Waals surface area contributed by atoms with Crippen molar-refractivity contribution in [1.29, 1.82) is 0 Å². The minimum atomic E-state index is -0.0745. The zero-order valence-corrected chi connectivity index (χ0v) is 17.4. The third-order valence-corrected chi connectivity index (χ3v) is 6.11. The Hall–Kier alpha value is -2.83. The Morgan fingerprint density at radius 1 is 1.10 bits per heavy atom. The van der Waals surface area contributed by atoms with Gasteiger partial charge < -0.3 is 15.1 Å². The smallest absolute Gasteiger partial charge is 0.321 e. The first-order valence-corrected chi connectivity index (χ1v) is 10.4. The van der Waals surface area contributed by atoms with Gasteiger partial charge in [0.1, 0.15) is 5.69 Å². The number of anilines is 1. The van der Waals surface area contributed by atoms with E-state index < -0.39 is 0 Å². The van der Waals surface area contributed by atoms with Gasteiger partial charge in [0.2, 0.25) is 0 Å². The largest absolute Gasteiger partial charge is 0.340 e. The normalized spacial score (nSPS) is 19.7. The molecule has 0 bridgehead atoms. The van der Waals surface area contributed by atoms with Crippen molar-refractivity contribution in [2.75, 3.05) is 32.0 Å². The highest BCUT2D eigenvalue weighted by molar-refractivity contribution is 5.93. The van der Waals surface area contributed by atoms with E-state index in [1.54, 1.807) is 4.90 Å². The summed E-state index contributed by atoms with van der Waals surface area (Å²) in [6.07, 6.45) is 2.82. The molecule has 1 unspecified atom stereocenters. The molecule has 3 amide bonds. The molecular weight excluding hydrogens is 366 g/mol. The lowest BCUT2D eigenvalue weighted by molar-refractivity contribution is 0.0796. The molecule has 0 radical (unpaired) electrons. The van der Waals surface area contributed by atoms with Crippen LogP contribution in [0.3, 0.4) is 0 Å². The predicted octanol–water partition coefficient (Wildman–Crippen LogP) is 3.39. The molecule has 1 aromatic carbocycles. The zero-order chi connectivity index (χ0) is 20.5. The highest BCUT2D eigenvalue weighted by Gasteiger charge is 2.29. The summed E-state index contributed by atoms with van der Waals surface area (Å²) in [5, 5.41) is 7.75. The Labute approximate surface area is 171 Å². The van der Waals surface area contributed by atoms with Crippen LogP contribution < -0.4 is 5.32 Å². The van der Waals surface area contributed by atoms with Crippen LogP contribution in [0.25, 0.3) is 0 Å². The Kier molecular flexibility index (Phi) is 5.30. The average molecular weight is 396 g/mol. The van der Waals surface area contributed by atoms with Gasteiger partial charge in [0.25, 0.3) is 5.91 Å². The number of benzene rings is 1. The van der Waals surface area contributed by atoms with E-state index >= 15 is 0 Å². The third-order valence-electron chi connectivity index (χ3n) is 6.11. The van der Waals surface area contributed by atoms with E-state index in [1.165, 1.54) is 5.56 Å². The van der Waals surface area contributed by atoms with Gasteiger partial charge >= 0.3 is 6.03 Å². The van der Waals surface area contributed by atoms with E-state index in [-0.39, 0.29) is 17.9 Å². The number of fused-ring (bicyclic) bond motifs is 1. The second-order valence-corrected chi connectivity index (χ2v) is 8.27. The van der Waals surface area contributed by atoms with Gasteiger partial charge in [-0.2, -0.15) is 5.10 Å². The summed E-state index contributed by atoms with van der Waals surface area (Å²) in [7, 11) is 1.84. The van der Waals surface area contributed by atoms with Crippen LogP contribution >= 0.6 is 0 Å². The SMILES string of the molecule is Cc1ccc(NC(=O)N2CCCC(c3cc4n(n3)CCCN(C)C4=O)C2)cc1C. The number of hydrogen-bond donors (Lipinski definition) is 1. The maximum absolute atomic E-state index is 12.8. The quantitative estimate of drug-likeness (QED) is 0.847. The minimum Gasteiger partial charge on any atom is -0.340 e. The van der Waals surface area contributed by atoms with Crippen molar-refractivity contribution in [3.63, 3.8) is 0 Å². The van der Waals surface area contributed by atoms with Crippen LogP contribution in [0.15, 0.2) is 24.3 Å². The number of amides is 3. The molecule has 1 fully saturated rings. The molecule has 0 saturated carbocycles. The molecule has 1 atom stereocenters. The lowest BCUT2D eigenvalue weighted by Crippen LogP contribution is -2.41. The number of carbonyl (C=O) groups is 2. The highest BCUT2D eigenvalue weighted by Crippen LogP contribution is 2.28. The monoisotopic (exact) mass is 395 g/mol. The third kappa shape index (κ3) is 3.99. The molecule has 1 N–H and O–H groups in total. The summed E-state index contributed by atoms with van der Waals surface area (Å²) >= 11 is 0. The summed E-state index contributed by atoms with van der Waals surface area (Å²) in [5.74, 6) is 0.188. The molecule has 0 aliphatic carbocycles. The van der Waals surface area contributed by atoms with Crippen LogP contribution in [0.2, 0.25) is 0 Å². The standard InChI is InChI=1S/C22H29N5O2/c1-15-7-8-18(12-16(15)2)23-22(29)26-10-4-6-17(14-26)19-13-20-21(28)25(3)9-5-11-27(20)24-19/h7-8,12-13,17H,4-6,9-11,14H2,1-3H3,(H,23,29). The molecule has 7 heteroatoms. The fourth-order valence-corrected chi connectivity index (χ4v) is 4.16. The van der Waals surface area contributed by atoms with Crippen molar-refractivity contribution in [1.82, 2.24) is 19.6 Å². The van der Waals surface area contributed by atoms with Gasteiger partial charge in [-0.1, -0.05) is 6.07 Å². The van der Waals surface area contributed by atoms with E-state index in [1.807, 2.05) is 47.8 Å². The molecule has 7 nitrogen and oxygen atoms in total. The molecule has 2 aliphatic rings. The first-order chi connectivity index (χ1) is 13.9. The molecular formula is C22H29N5O2. The van der Waals surface area contributed by atoms with Crippen molar-refractivity contribution in [2.45, 2.75) is 45.6 Å². The van der Waals surface area contributed by atoms with E-state index in [9.17, 15) is 9.59 Å². The predicted molar refractivity (Wildman–Crippen MR) is 112 cm³/mol. The lowest BCUT2D eigenvalue weighted by atomic mass is 9.95. The summed E-state index contributed by atoms with van der Waals surface area (Å²) in [6, 6.07) is 7.82. The Balaban J connectivity index is 1.46. The highest BCUT2D eigenvalue weighted by atomic mass is 16.2. The molecule has 154 valence electrons. The van der Waals surface area contributed by atoms with Gasteiger partial charge in [0.05, 0.1) is 5.69 Å². The lowest BCUT2D eigenvalue weighted by Gasteiger charge is -2.32.